The number of amides is 1. The molecule has 1 aromatic heterocycles. The maximum absolute atomic E-state index is 13.0. The summed E-state index contributed by atoms with van der Waals surface area (Å²) in [6.07, 6.45) is 7.09. The largest absolute Gasteiger partial charge is 0.491 e. The number of aromatic nitrogens is 1. The van der Waals surface area contributed by atoms with Crippen LogP contribution in [0.2, 0.25) is 0 Å². The van der Waals surface area contributed by atoms with Crippen LogP contribution in [0.5, 0.6) is 5.75 Å². The number of carbonyl (C=O) groups is 1. The van der Waals surface area contributed by atoms with Gasteiger partial charge in [-0.1, -0.05) is 54.8 Å². The van der Waals surface area contributed by atoms with Gasteiger partial charge in [-0.25, -0.2) is 0 Å². The Labute approximate surface area is 171 Å². The molecular formula is C24H28N2O3. The molecule has 152 valence electrons. The number of para-hydroxylation sites is 2. The molecule has 1 aliphatic heterocycles. The molecule has 2 aromatic carbocycles. The molecule has 1 aliphatic rings. The van der Waals surface area contributed by atoms with Crippen LogP contribution in [0.4, 0.5) is 0 Å². The van der Waals surface area contributed by atoms with Crippen molar-refractivity contribution >= 4 is 16.9 Å². The summed E-state index contributed by atoms with van der Waals surface area (Å²) in [5.41, 5.74) is 2.69. The molecule has 3 aromatic rings. The fourth-order valence-electron chi connectivity index (χ4n) is 3.95. The molecule has 0 saturated heterocycles. The molecule has 0 aliphatic carbocycles. The van der Waals surface area contributed by atoms with Crippen molar-refractivity contribution in [2.24, 2.45) is 0 Å². The maximum atomic E-state index is 13.0. The summed E-state index contributed by atoms with van der Waals surface area (Å²) in [7, 11) is 0. The van der Waals surface area contributed by atoms with Gasteiger partial charge in [-0.3, -0.25) is 4.79 Å². The standard InChI is InChI=1S/C24H28N2O3/c27-24(18-21-20-12-6-8-14-23(20)29-25-21)26-15-9-3-1-2-4-10-19-11-5-7-13-22(19)28-17-16-26/h5-8,11-14H,1-4,9-10,15-18H2. The van der Waals surface area contributed by atoms with E-state index in [4.69, 9.17) is 9.26 Å². The highest BCUT2D eigenvalue weighted by molar-refractivity contribution is 5.86. The van der Waals surface area contributed by atoms with Gasteiger partial charge in [0.25, 0.3) is 0 Å². The molecule has 0 fully saturated rings. The Balaban J connectivity index is 1.44. The summed E-state index contributed by atoms with van der Waals surface area (Å²) in [6.45, 7) is 1.85. The topological polar surface area (TPSA) is 55.6 Å². The summed E-state index contributed by atoms with van der Waals surface area (Å²) in [5.74, 6) is 1.03. The van der Waals surface area contributed by atoms with Crippen molar-refractivity contribution in [3.63, 3.8) is 0 Å². The highest BCUT2D eigenvalue weighted by Crippen LogP contribution is 2.22. The molecule has 2 heterocycles. The Hall–Kier alpha value is -2.82. The molecule has 4 rings (SSSR count). The molecule has 0 unspecified atom stereocenters. The van der Waals surface area contributed by atoms with E-state index in [0.717, 1.165) is 42.5 Å². The zero-order valence-electron chi connectivity index (χ0n) is 16.8. The molecule has 29 heavy (non-hydrogen) atoms. The third kappa shape index (κ3) is 4.97. The number of ether oxygens (including phenoxy) is 1. The van der Waals surface area contributed by atoms with Gasteiger partial charge in [0.15, 0.2) is 5.58 Å². The molecule has 5 nitrogen and oxygen atoms in total. The van der Waals surface area contributed by atoms with Gasteiger partial charge in [-0.05, 0) is 43.0 Å². The molecule has 0 spiro atoms. The number of hydrogen-bond donors (Lipinski definition) is 0. The number of nitrogens with zero attached hydrogens (tertiary/aromatic N) is 2. The summed E-state index contributed by atoms with van der Waals surface area (Å²) in [6, 6.07) is 15.9. The van der Waals surface area contributed by atoms with Crippen molar-refractivity contribution in [2.45, 2.75) is 44.9 Å². The lowest BCUT2D eigenvalue weighted by molar-refractivity contribution is -0.131. The normalized spacial score (nSPS) is 16.2. The Morgan fingerprint density at radius 2 is 1.72 bits per heavy atom. The van der Waals surface area contributed by atoms with Gasteiger partial charge in [0.1, 0.15) is 18.1 Å². The first kappa shape index (κ1) is 19.5. The summed E-state index contributed by atoms with van der Waals surface area (Å²) < 4.78 is 11.4. The van der Waals surface area contributed by atoms with E-state index in [0.29, 0.717) is 18.8 Å². The van der Waals surface area contributed by atoms with Crippen LogP contribution in [0.1, 0.15) is 43.4 Å². The first-order chi connectivity index (χ1) is 14.3. The van der Waals surface area contributed by atoms with Crippen LogP contribution in [-0.2, 0) is 17.6 Å². The maximum Gasteiger partial charge on any atom is 0.228 e. The van der Waals surface area contributed by atoms with Crippen molar-refractivity contribution in [1.82, 2.24) is 10.1 Å². The first-order valence-electron chi connectivity index (χ1n) is 10.6. The fraction of sp³-hybridized carbons (Fsp3) is 0.417. The highest BCUT2D eigenvalue weighted by atomic mass is 16.5. The van der Waals surface area contributed by atoms with Crippen molar-refractivity contribution in [3.05, 3.63) is 59.8 Å². The average Bonchev–Trinajstić information content (AvgIpc) is 3.15. The molecule has 1 amide bonds. The number of fused-ring (bicyclic) bond motifs is 2. The molecule has 0 radical (unpaired) electrons. The Morgan fingerprint density at radius 1 is 0.931 bits per heavy atom. The quantitative estimate of drug-likeness (QED) is 0.629. The zero-order chi connectivity index (χ0) is 19.9. The Bertz CT molecular complexity index is 950. The monoisotopic (exact) mass is 392 g/mol. The molecule has 0 atom stereocenters. The Morgan fingerprint density at radius 3 is 2.69 bits per heavy atom. The second kappa shape index (κ2) is 9.59. The molecular weight excluding hydrogens is 364 g/mol. The van der Waals surface area contributed by atoms with Gasteiger partial charge in [0.2, 0.25) is 5.91 Å². The van der Waals surface area contributed by atoms with E-state index < -0.39 is 0 Å². The van der Waals surface area contributed by atoms with Gasteiger partial charge >= 0.3 is 0 Å². The summed E-state index contributed by atoms with van der Waals surface area (Å²) in [4.78, 5) is 14.9. The molecule has 0 bridgehead atoms. The van der Waals surface area contributed by atoms with Crippen LogP contribution in [-0.4, -0.2) is 35.7 Å². The van der Waals surface area contributed by atoms with Gasteiger partial charge < -0.3 is 14.2 Å². The average molecular weight is 392 g/mol. The van der Waals surface area contributed by atoms with E-state index in [1.165, 1.54) is 24.8 Å². The van der Waals surface area contributed by atoms with Crippen LogP contribution in [0.3, 0.4) is 0 Å². The third-order valence-corrected chi connectivity index (χ3v) is 5.59. The van der Waals surface area contributed by atoms with E-state index in [9.17, 15) is 4.79 Å². The second-order valence-corrected chi connectivity index (χ2v) is 7.66. The van der Waals surface area contributed by atoms with Crippen molar-refractivity contribution in [2.75, 3.05) is 19.7 Å². The van der Waals surface area contributed by atoms with E-state index in [1.807, 2.05) is 41.3 Å². The van der Waals surface area contributed by atoms with Gasteiger partial charge in [0, 0.05) is 11.9 Å². The van der Waals surface area contributed by atoms with Crippen molar-refractivity contribution < 1.29 is 14.1 Å². The number of hydrogen-bond acceptors (Lipinski definition) is 4. The molecule has 0 N–H and O–H groups in total. The van der Waals surface area contributed by atoms with Gasteiger partial charge in [-0.2, -0.15) is 0 Å². The SMILES string of the molecule is O=C(Cc1noc2ccccc12)N1CCCCCCCc2ccccc2OCC1. The smallest absolute Gasteiger partial charge is 0.228 e. The van der Waals surface area contributed by atoms with Crippen LogP contribution < -0.4 is 4.74 Å². The highest BCUT2D eigenvalue weighted by Gasteiger charge is 2.18. The predicted octanol–water partition coefficient (Wildman–Crippen LogP) is 4.78. The van der Waals surface area contributed by atoms with Gasteiger partial charge in [-0.15, -0.1) is 0 Å². The first-order valence-corrected chi connectivity index (χ1v) is 10.6. The zero-order valence-corrected chi connectivity index (χ0v) is 16.8. The molecule has 5 heteroatoms. The van der Waals surface area contributed by atoms with Crippen LogP contribution in [0.15, 0.2) is 53.1 Å². The minimum Gasteiger partial charge on any atom is -0.491 e. The minimum absolute atomic E-state index is 0.0795. The van der Waals surface area contributed by atoms with Crippen LogP contribution in [0, 0.1) is 0 Å². The predicted molar refractivity (Wildman–Crippen MR) is 113 cm³/mol. The minimum atomic E-state index is 0.0795. The van der Waals surface area contributed by atoms with E-state index in [2.05, 4.69) is 17.3 Å². The fourth-order valence-corrected chi connectivity index (χ4v) is 3.95. The van der Waals surface area contributed by atoms with Gasteiger partial charge in [0.05, 0.1) is 13.0 Å². The number of aryl methyl sites for hydroxylation is 1. The third-order valence-electron chi connectivity index (χ3n) is 5.59. The summed E-state index contributed by atoms with van der Waals surface area (Å²) in [5, 5.41) is 5.04. The lowest BCUT2D eigenvalue weighted by atomic mass is 10.0. The lowest BCUT2D eigenvalue weighted by Gasteiger charge is -2.23. The van der Waals surface area contributed by atoms with Crippen LogP contribution >= 0.6 is 0 Å². The molecule has 0 saturated carbocycles. The summed E-state index contributed by atoms with van der Waals surface area (Å²) >= 11 is 0. The number of benzene rings is 2. The van der Waals surface area contributed by atoms with E-state index in [-0.39, 0.29) is 12.3 Å². The lowest BCUT2D eigenvalue weighted by Crippen LogP contribution is -2.36. The number of rotatable bonds is 2. The van der Waals surface area contributed by atoms with Crippen molar-refractivity contribution in [1.29, 1.82) is 0 Å². The Kier molecular flexibility index (Phi) is 6.45. The van der Waals surface area contributed by atoms with E-state index >= 15 is 0 Å². The van der Waals surface area contributed by atoms with E-state index in [1.54, 1.807) is 0 Å². The second-order valence-electron chi connectivity index (χ2n) is 7.66. The van der Waals surface area contributed by atoms with Crippen LogP contribution in [0.25, 0.3) is 11.0 Å². The van der Waals surface area contributed by atoms with Crippen molar-refractivity contribution in [3.8, 4) is 5.75 Å². The number of carbonyl (C=O) groups excluding carboxylic acids is 1.